The molecule has 2 heterocycles. The van der Waals surface area contributed by atoms with Crippen LogP contribution in [0.5, 0.6) is 0 Å². The van der Waals surface area contributed by atoms with Crippen LogP contribution in [0.15, 0.2) is 34.8 Å². The Labute approximate surface area is 270 Å². The molecule has 1 fully saturated rings. The molecule has 2 aromatic rings. The number of carbonyl (C=O) groups excluding carboxylic acids is 4. The van der Waals surface area contributed by atoms with Gasteiger partial charge < -0.3 is 30.5 Å². The normalized spacial score (nSPS) is 16.8. The van der Waals surface area contributed by atoms with E-state index in [0.717, 1.165) is 18.3 Å². The van der Waals surface area contributed by atoms with Crippen molar-refractivity contribution in [2.24, 2.45) is 5.16 Å². The first-order chi connectivity index (χ1) is 19.5. The first kappa shape index (κ1) is 35.5. The first-order valence-corrected chi connectivity index (χ1v) is 14.0. The third-order valence-corrected chi connectivity index (χ3v) is 7.22. The number of nitrogens with two attached hydrogens (primary N) is 1. The van der Waals surface area contributed by atoms with Gasteiger partial charge in [0.2, 0.25) is 11.5 Å². The molecule has 226 valence electrons. The van der Waals surface area contributed by atoms with Crippen LogP contribution < -0.4 is 45.9 Å². The SMILES string of the molecule is CC(=O)NC[C@H]1[C@@H](NC(=O)/C(=N\OC(C)(C)C(=O)OCc2ccc([N+](=O)[O-])cc2)c2csc(N)n2)C(=O)N1S(=O)(=O)[O-].[Na+]. The van der Waals surface area contributed by atoms with Gasteiger partial charge in [0.15, 0.2) is 21.1 Å². The zero-order valence-electron chi connectivity index (χ0n) is 23.1. The zero-order valence-corrected chi connectivity index (χ0v) is 26.8. The van der Waals surface area contributed by atoms with Gasteiger partial charge in [0.05, 0.1) is 11.0 Å². The third-order valence-electron chi connectivity index (χ3n) is 5.61. The molecule has 21 heteroatoms. The molecule has 18 nitrogen and oxygen atoms in total. The van der Waals surface area contributed by atoms with Crippen LogP contribution in [0.25, 0.3) is 0 Å². The average molecular weight is 650 g/mol. The molecule has 1 aromatic heterocycles. The second-order valence-electron chi connectivity index (χ2n) is 9.16. The molecule has 3 amide bonds. The van der Waals surface area contributed by atoms with Gasteiger partial charge in [-0.05, 0) is 31.5 Å². The number of aromatic nitrogens is 1. The van der Waals surface area contributed by atoms with Crippen molar-refractivity contribution in [1.29, 1.82) is 0 Å². The minimum atomic E-state index is -5.25. The number of ether oxygens (including phenoxy) is 1. The van der Waals surface area contributed by atoms with E-state index in [1.54, 1.807) is 0 Å². The van der Waals surface area contributed by atoms with Crippen molar-refractivity contribution in [3.63, 3.8) is 0 Å². The van der Waals surface area contributed by atoms with Crippen molar-refractivity contribution in [1.82, 2.24) is 19.9 Å². The molecule has 43 heavy (non-hydrogen) atoms. The van der Waals surface area contributed by atoms with E-state index in [0.29, 0.717) is 5.56 Å². The Hall–Kier alpha value is -3.69. The van der Waals surface area contributed by atoms with Crippen LogP contribution in [0.4, 0.5) is 10.8 Å². The largest absolute Gasteiger partial charge is 1.00 e. The van der Waals surface area contributed by atoms with Gasteiger partial charge in [0.1, 0.15) is 18.3 Å². The Morgan fingerprint density at radius 1 is 1.26 bits per heavy atom. The summed E-state index contributed by atoms with van der Waals surface area (Å²) in [5.41, 5.74) is 3.47. The van der Waals surface area contributed by atoms with Crippen LogP contribution >= 0.6 is 11.3 Å². The molecular weight excluding hydrogens is 625 g/mol. The van der Waals surface area contributed by atoms with Gasteiger partial charge in [0, 0.05) is 31.0 Å². The summed E-state index contributed by atoms with van der Waals surface area (Å²) >= 11 is 0.926. The summed E-state index contributed by atoms with van der Waals surface area (Å²) in [5, 5.41) is 20.4. The number of esters is 1. The number of hydrogen-bond acceptors (Lipinski definition) is 15. The fourth-order valence-corrected chi connectivity index (χ4v) is 4.86. The van der Waals surface area contributed by atoms with Crippen molar-refractivity contribution in [2.45, 2.75) is 45.1 Å². The van der Waals surface area contributed by atoms with Gasteiger partial charge in [-0.3, -0.25) is 24.5 Å². The number of nitrogens with zero attached hydrogens (tertiary/aromatic N) is 4. The van der Waals surface area contributed by atoms with Crippen LogP contribution in [0.1, 0.15) is 32.0 Å². The molecule has 1 saturated heterocycles. The van der Waals surface area contributed by atoms with Gasteiger partial charge in [0.25, 0.3) is 17.5 Å². The number of β-lactam (4-membered cyclic amide) rings is 1. The Kier molecular flexibility index (Phi) is 11.7. The maximum absolute atomic E-state index is 13.2. The van der Waals surface area contributed by atoms with Crippen molar-refractivity contribution in [2.75, 3.05) is 12.3 Å². The van der Waals surface area contributed by atoms with Crippen LogP contribution in [0, 0.1) is 10.1 Å². The second-order valence-corrected chi connectivity index (χ2v) is 11.3. The average Bonchev–Trinajstić information content (AvgIpc) is 3.32. The van der Waals surface area contributed by atoms with Crippen LogP contribution in [-0.2, 0) is 45.7 Å². The number of rotatable bonds is 12. The van der Waals surface area contributed by atoms with Crippen molar-refractivity contribution >= 4 is 61.9 Å². The van der Waals surface area contributed by atoms with Crippen LogP contribution in [-0.4, -0.2) is 80.8 Å². The smallest absolute Gasteiger partial charge is 0.731 e. The standard InChI is InChI=1S/C22H25N7O11S2.Na/c1-11(30)24-8-15-17(19(32)28(15)42(36,37)38)26-18(31)16(14-10-41-21(23)25-14)27-40-22(2,3)20(33)39-9-12-4-6-13(7-5-12)29(34)35;/h4-7,10,15,17H,8-9H2,1-3H3,(H2,23,25)(H,24,30)(H,26,31)(H,36,37,38);/q;+1/p-1/b27-16-;/t15-,17+;/m0./s1. The first-order valence-electron chi connectivity index (χ1n) is 11.7. The van der Waals surface area contributed by atoms with Crippen molar-refractivity contribution in [3.8, 4) is 0 Å². The molecule has 3 rings (SSSR count). The molecule has 1 aliphatic heterocycles. The predicted molar refractivity (Wildman–Crippen MR) is 142 cm³/mol. The van der Waals surface area contributed by atoms with Gasteiger partial charge in [-0.1, -0.05) is 5.16 Å². The number of benzene rings is 1. The van der Waals surface area contributed by atoms with E-state index < -0.39 is 68.9 Å². The Morgan fingerprint density at radius 2 is 1.88 bits per heavy atom. The predicted octanol–water partition coefficient (Wildman–Crippen LogP) is -3.83. The number of thiazole rings is 1. The van der Waals surface area contributed by atoms with Gasteiger partial charge in [-0.25, -0.2) is 22.5 Å². The minimum Gasteiger partial charge on any atom is -0.731 e. The van der Waals surface area contributed by atoms with E-state index in [4.69, 9.17) is 15.3 Å². The Morgan fingerprint density at radius 3 is 2.40 bits per heavy atom. The van der Waals surface area contributed by atoms with Crippen molar-refractivity contribution in [3.05, 3.63) is 51.0 Å². The number of nitro groups is 1. The molecule has 2 atom stereocenters. The van der Waals surface area contributed by atoms with Gasteiger partial charge in [-0.15, -0.1) is 11.3 Å². The third kappa shape index (κ3) is 8.91. The van der Waals surface area contributed by atoms with E-state index >= 15 is 0 Å². The molecule has 4 N–H and O–H groups in total. The van der Waals surface area contributed by atoms with Gasteiger partial charge >= 0.3 is 35.5 Å². The summed E-state index contributed by atoms with van der Waals surface area (Å²) in [5.74, 6) is -3.87. The summed E-state index contributed by atoms with van der Waals surface area (Å²) in [6.07, 6.45) is 0. The molecule has 0 aliphatic carbocycles. The number of nitrogens with one attached hydrogen (secondary N) is 2. The van der Waals surface area contributed by atoms with E-state index in [-0.39, 0.29) is 57.0 Å². The molecule has 0 bridgehead atoms. The topological polar surface area (TPSA) is 266 Å². The van der Waals surface area contributed by atoms with E-state index in [9.17, 15) is 42.3 Å². The second kappa shape index (κ2) is 14.2. The minimum absolute atomic E-state index is 0. The number of hydrogen-bond donors (Lipinski definition) is 3. The van der Waals surface area contributed by atoms with Crippen LogP contribution in [0.3, 0.4) is 0 Å². The maximum Gasteiger partial charge on any atom is 1.00 e. The fourth-order valence-electron chi connectivity index (χ4n) is 3.45. The monoisotopic (exact) mass is 649 g/mol. The number of anilines is 1. The Balaban J connectivity index is 0.00000645. The molecule has 1 aromatic carbocycles. The molecule has 0 saturated carbocycles. The number of non-ortho nitro benzene ring substituents is 1. The molecular formula is C22H24N7NaO11S2. The Bertz CT molecular complexity index is 1540. The van der Waals surface area contributed by atoms with Crippen LogP contribution in [0.2, 0.25) is 0 Å². The van der Waals surface area contributed by atoms with Gasteiger partial charge in [-0.2, -0.15) is 0 Å². The van der Waals surface area contributed by atoms with E-state index in [1.165, 1.54) is 43.5 Å². The molecule has 1 aliphatic rings. The van der Waals surface area contributed by atoms with E-state index in [2.05, 4.69) is 20.8 Å². The fraction of sp³-hybridized carbons (Fsp3) is 0.364. The molecule has 0 spiro atoms. The number of oxime groups is 1. The summed E-state index contributed by atoms with van der Waals surface area (Å²) in [6.45, 7) is 2.94. The molecule has 0 radical (unpaired) electrons. The number of carbonyl (C=O) groups is 4. The number of nitro benzene ring substituents is 1. The van der Waals surface area contributed by atoms with Crippen molar-refractivity contribution < 1.29 is 76.2 Å². The summed E-state index contributed by atoms with van der Waals surface area (Å²) in [7, 11) is -5.25. The van der Waals surface area contributed by atoms with E-state index in [1.807, 2.05) is 0 Å². The maximum atomic E-state index is 13.2. The summed E-state index contributed by atoms with van der Waals surface area (Å²) in [6, 6.07) is 2.28. The summed E-state index contributed by atoms with van der Waals surface area (Å²) < 4.78 is 39.7. The quantitative estimate of drug-likeness (QED) is 0.0379. The molecule has 0 unspecified atom stereocenters. The number of nitrogen functional groups attached to an aromatic ring is 1. The summed E-state index contributed by atoms with van der Waals surface area (Å²) in [4.78, 5) is 69.0. The number of amides is 3. The zero-order chi connectivity index (χ0) is 31.4.